The Kier molecular flexibility index (Phi) is 6.65. The summed E-state index contributed by atoms with van der Waals surface area (Å²) in [6.07, 6.45) is 0.0765. The second-order valence-corrected chi connectivity index (χ2v) is 9.50. The van der Waals surface area contributed by atoms with Crippen LogP contribution in [0.5, 0.6) is 11.5 Å². The quantitative estimate of drug-likeness (QED) is 0.471. The Labute approximate surface area is 212 Å². The van der Waals surface area contributed by atoms with Crippen molar-refractivity contribution in [3.8, 4) is 11.5 Å². The van der Waals surface area contributed by atoms with Crippen LogP contribution in [0.15, 0.2) is 48.5 Å². The van der Waals surface area contributed by atoms with Gasteiger partial charge in [0.2, 0.25) is 5.91 Å². The highest BCUT2D eigenvalue weighted by atomic mass is 32.1. The van der Waals surface area contributed by atoms with Crippen molar-refractivity contribution in [2.24, 2.45) is 0 Å². The third-order valence-corrected chi connectivity index (χ3v) is 7.37. The number of carbonyl (C=O) groups is 3. The molecule has 0 unspecified atom stereocenters. The number of rotatable bonds is 5. The van der Waals surface area contributed by atoms with Gasteiger partial charge in [0.05, 0.1) is 31.2 Å². The number of anilines is 1. The number of ether oxygens (including phenoxy) is 3. The van der Waals surface area contributed by atoms with Gasteiger partial charge in [0.25, 0.3) is 0 Å². The fourth-order valence-corrected chi connectivity index (χ4v) is 5.91. The molecule has 0 fully saturated rings. The minimum atomic E-state index is -0.614. The first-order valence-corrected chi connectivity index (χ1v) is 12.7. The van der Waals surface area contributed by atoms with Crippen molar-refractivity contribution in [2.75, 3.05) is 25.1 Å². The van der Waals surface area contributed by atoms with Crippen LogP contribution in [0, 0.1) is 0 Å². The summed E-state index contributed by atoms with van der Waals surface area (Å²) in [5, 5.41) is 3.44. The fourth-order valence-electron chi connectivity index (χ4n) is 4.66. The lowest BCUT2D eigenvalue weighted by Gasteiger charge is -2.27. The van der Waals surface area contributed by atoms with Crippen molar-refractivity contribution < 1.29 is 28.6 Å². The molecule has 9 heteroatoms. The largest absolute Gasteiger partial charge is 0.462 e. The van der Waals surface area contributed by atoms with Gasteiger partial charge in [0.15, 0.2) is 0 Å². The van der Waals surface area contributed by atoms with E-state index in [9.17, 15) is 14.4 Å². The third-order valence-electron chi connectivity index (χ3n) is 6.24. The summed E-state index contributed by atoms with van der Waals surface area (Å²) in [6, 6.07) is 14.9. The molecule has 5 rings (SSSR count). The molecule has 3 heterocycles. The van der Waals surface area contributed by atoms with Crippen LogP contribution in [0.4, 0.5) is 9.80 Å². The van der Waals surface area contributed by atoms with Crippen LogP contribution in [0.3, 0.4) is 0 Å². The number of thiophene rings is 1. The topological polar surface area (TPSA) is 94.2 Å². The predicted octanol–water partition coefficient (Wildman–Crippen LogP) is 5.32. The number of para-hydroxylation sites is 2. The molecular weight excluding hydrogens is 480 g/mol. The molecule has 0 saturated heterocycles. The van der Waals surface area contributed by atoms with E-state index >= 15 is 0 Å². The van der Waals surface area contributed by atoms with Gasteiger partial charge in [-0.25, -0.2) is 9.59 Å². The zero-order valence-electron chi connectivity index (χ0n) is 20.0. The molecule has 0 aliphatic carbocycles. The molecule has 2 aliphatic heterocycles. The van der Waals surface area contributed by atoms with Gasteiger partial charge in [-0.3, -0.25) is 4.79 Å². The molecule has 0 saturated carbocycles. The Morgan fingerprint density at radius 2 is 1.64 bits per heavy atom. The molecule has 1 N–H and O–H groups in total. The molecule has 8 nitrogen and oxygen atoms in total. The van der Waals surface area contributed by atoms with Crippen molar-refractivity contribution in [3.63, 3.8) is 0 Å². The van der Waals surface area contributed by atoms with Gasteiger partial charge >= 0.3 is 12.1 Å². The molecule has 186 valence electrons. The van der Waals surface area contributed by atoms with E-state index in [0.717, 1.165) is 21.6 Å². The second-order valence-electron chi connectivity index (χ2n) is 8.40. The van der Waals surface area contributed by atoms with E-state index in [1.807, 2.05) is 48.5 Å². The standard InChI is InChI=1S/C27H26N2O6S/c1-3-33-26(31)23-18-13-14-29(27(32)34-4-2)15-21(18)36-25(23)28-24(30)22-16-9-5-7-11-19(16)35-20-12-8-6-10-17(20)22/h5-12,22H,3-4,13-15H2,1-2H3,(H,28,30). The van der Waals surface area contributed by atoms with E-state index in [4.69, 9.17) is 14.2 Å². The van der Waals surface area contributed by atoms with Crippen molar-refractivity contribution >= 4 is 34.3 Å². The monoisotopic (exact) mass is 506 g/mol. The van der Waals surface area contributed by atoms with Gasteiger partial charge in [0.1, 0.15) is 16.5 Å². The van der Waals surface area contributed by atoms with E-state index in [0.29, 0.717) is 41.6 Å². The van der Waals surface area contributed by atoms with Crippen LogP contribution >= 0.6 is 11.3 Å². The molecule has 0 radical (unpaired) electrons. The minimum absolute atomic E-state index is 0.215. The number of fused-ring (bicyclic) bond motifs is 3. The molecule has 3 aromatic rings. The number of amides is 2. The maximum absolute atomic E-state index is 13.8. The maximum atomic E-state index is 13.8. The first-order chi connectivity index (χ1) is 17.5. The van der Waals surface area contributed by atoms with E-state index < -0.39 is 18.0 Å². The predicted molar refractivity (Wildman–Crippen MR) is 135 cm³/mol. The van der Waals surface area contributed by atoms with Gasteiger partial charge < -0.3 is 24.4 Å². The van der Waals surface area contributed by atoms with E-state index in [1.54, 1.807) is 18.7 Å². The van der Waals surface area contributed by atoms with Crippen molar-refractivity contribution in [2.45, 2.75) is 32.7 Å². The number of hydrogen-bond donors (Lipinski definition) is 1. The Morgan fingerprint density at radius 1 is 1.00 bits per heavy atom. The summed E-state index contributed by atoms with van der Waals surface area (Å²) in [6.45, 7) is 4.74. The summed E-state index contributed by atoms with van der Waals surface area (Å²) in [5.41, 5.74) is 2.67. The van der Waals surface area contributed by atoms with Crippen molar-refractivity contribution in [1.29, 1.82) is 0 Å². The summed E-state index contributed by atoms with van der Waals surface area (Å²) in [7, 11) is 0. The van der Waals surface area contributed by atoms with Crippen LogP contribution in [-0.4, -0.2) is 42.6 Å². The number of esters is 1. The summed E-state index contributed by atoms with van der Waals surface area (Å²) in [5.74, 6) is -0.126. The van der Waals surface area contributed by atoms with Gasteiger partial charge in [0, 0.05) is 22.5 Å². The lowest BCUT2D eigenvalue weighted by atomic mass is 9.87. The fraction of sp³-hybridized carbons (Fsp3) is 0.296. The summed E-state index contributed by atoms with van der Waals surface area (Å²) >= 11 is 1.30. The zero-order valence-corrected chi connectivity index (χ0v) is 20.9. The summed E-state index contributed by atoms with van der Waals surface area (Å²) < 4.78 is 16.5. The highest BCUT2D eigenvalue weighted by Gasteiger charge is 2.35. The third kappa shape index (κ3) is 4.30. The number of carbonyl (C=O) groups excluding carboxylic acids is 3. The Bertz CT molecular complexity index is 1290. The molecule has 2 aromatic carbocycles. The minimum Gasteiger partial charge on any atom is -0.462 e. The van der Waals surface area contributed by atoms with Gasteiger partial charge in [-0.15, -0.1) is 11.3 Å². The molecule has 0 atom stereocenters. The van der Waals surface area contributed by atoms with E-state index in [-0.39, 0.29) is 19.1 Å². The van der Waals surface area contributed by atoms with Crippen molar-refractivity contribution in [3.05, 3.63) is 75.7 Å². The molecule has 0 bridgehead atoms. The first kappa shape index (κ1) is 23.9. The van der Waals surface area contributed by atoms with Crippen LogP contribution in [0.1, 0.15) is 51.7 Å². The highest BCUT2D eigenvalue weighted by Crippen LogP contribution is 2.45. The van der Waals surface area contributed by atoms with Crippen molar-refractivity contribution in [1.82, 2.24) is 4.90 Å². The average molecular weight is 507 g/mol. The highest BCUT2D eigenvalue weighted by molar-refractivity contribution is 7.17. The molecule has 1 aromatic heterocycles. The molecule has 2 amide bonds. The summed E-state index contributed by atoms with van der Waals surface area (Å²) in [4.78, 5) is 41.5. The van der Waals surface area contributed by atoms with Gasteiger partial charge in [-0.05, 0) is 38.0 Å². The van der Waals surface area contributed by atoms with Gasteiger partial charge in [-0.2, -0.15) is 0 Å². The average Bonchev–Trinajstić information content (AvgIpc) is 3.24. The van der Waals surface area contributed by atoms with Crippen LogP contribution in [0.2, 0.25) is 0 Å². The van der Waals surface area contributed by atoms with Crippen LogP contribution < -0.4 is 10.1 Å². The second kappa shape index (κ2) is 10.0. The van der Waals surface area contributed by atoms with Gasteiger partial charge in [-0.1, -0.05) is 36.4 Å². The normalized spacial score (nSPS) is 14.1. The molecule has 0 spiro atoms. The maximum Gasteiger partial charge on any atom is 0.410 e. The zero-order chi connectivity index (χ0) is 25.2. The number of nitrogens with zero attached hydrogens (tertiary/aromatic N) is 1. The lowest BCUT2D eigenvalue weighted by molar-refractivity contribution is -0.116. The molecule has 36 heavy (non-hydrogen) atoms. The van der Waals surface area contributed by atoms with E-state index in [2.05, 4.69) is 5.32 Å². The molecule has 2 aliphatic rings. The molecular formula is C27H26N2O6S. The Morgan fingerprint density at radius 3 is 2.28 bits per heavy atom. The SMILES string of the molecule is CCOC(=O)c1c(NC(=O)C2c3ccccc3Oc3ccccc32)sc2c1CCN(C(=O)OCC)C2. The smallest absolute Gasteiger partial charge is 0.410 e. The van der Waals surface area contributed by atoms with Crippen LogP contribution in [-0.2, 0) is 27.2 Å². The number of hydrogen-bond acceptors (Lipinski definition) is 7. The Hall–Kier alpha value is -3.85. The first-order valence-electron chi connectivity index (χ1n) is 11.9. The van der Waals surface area contributed by atoms with Crippen LogP contribution in [0.25, 0.3) is 0 Å². The number of benzene rings is 2. The number of nitrogens with one attached hydrogen (secondary N) is 1. The lowest BCUT2D eigenvalue weighted by Crippen LogP contribution is -2.36. The van der Waals surface area contributed by atoms with E-state index in [1.165, 1.54) is 11.3 Å². The Balaban J connectivity index is 1.50.